The third kappa shape index (κ3) is 5.26. The van der Waals surface area contributed by atoms with Crippen LogP contribution in [-0.4, -0.2) is 17.9 Å². The number of carbonyl (C=O) groups excluding carboxylic acids is 2. The van der Waals surface area contributed by atoms with Crippen LogP contribution in [0, 0.1) is 20.8 Å². The molecule has 5 heteroatoms. The number of carbonyl (C=O) groups is 2. The first kappa shape index (κ1) is 21.1. The maximum Gasteiger partial charge on any atom is 0.265 e. The zero-order valence-electron chi connectivity index (χ0n) is 17.7. The number of hydrogen-bond donors (Lipinski definition) is 2. The van der Waals surface area contributed by atoms with E-state index in [0.29, 0.717) is 17.0 Å². The summed E-state index contributed by atoms with van der Waals surface area (Å²) >= 11 is 0. The highest BCUT2D eigenvalue weighted by atomic mass is 16.5. The van der Waals surface area contributed by atoms with Crippen LogP contribution in [-0.2, 0) is 4.79 Å². The van der Waals surface area contributed by atoms with Gasteiger partial charge >= 0.3 is 0 Å². The largest absolute Gasteiger partial charge is 0.480 e. The van der Waals surface area contributed by atoms with Crippen LogP contribution in [0.3, 0.4) is 0 Å². The number of aryl methyl sites for hydroxylation is 3. The van der Waals surface area contributed by atoms with E-state index in [-0.39, 0.29) is 11.8 Å². The normalized spacial score (nSPS) is 11.5. The molecular formula is C25H26N2O3. The van der Waals surface area contributed by atoms with Crippen molar-refractivity contribution in [2.45, 2.75) is 33.8 Å². The van der Waals surface area contributed by atoms with Gasteiger partial charge in [-0.05, 0) is 74.7 Å². The minimum atomic E-state index is -0.686. The molecule has 0 spiro atoms. The van der Waals surface area contributed by atoms with Crippen molar-refractivity contribution in [1.82, 2.24) is 0 Å². The second kappa shape index (κ2) is 9.27. The van der Waals surface area contributed by atoms with E-state index < -0.39 is 6.10 Å². The van der Waals surface area contributed by atoms with Crippen molar-refractivity contribution >= 4 is 23.2 Å². The maximum atomic E-state index is 12.6. The van der Waals surface area contributed by atoms with Crippen molar-refractivity contribution in [3.63, 3.8) is 0 Å². The quantitative estimate of drug-likeness (QED) is 0.590. The topological polar surface area (TPSA) is 67.4 Å². The molecular weight excluding hydrogens is 376 g/mol. The Labute approximate surface area is 177 Å². The van der Waals surface area contributed by atoms with Crippen molar-refractivity contribution in [2.75, 3.05) is 10.6 Å². The van der Waals surface area contributed by atoms with E-state index in [1.54, 1.807) is 31.2 Å². The first-order valence-electron chi connectivity index (χ1n) is 9.85. The average Bonchev–Trinajstić information content (AvgIpc) is 2.71. The smallest absolute Gasteiger partial charge is 0.265 e. The molecule has 3 aromatic carbocycles. The van der Waals surface area contributed by atoms with E-state index >= 15 is 0 Å². The van der Waals surface area contributed by atoms with Gasteiger partial charge in [0.05, 0.1) is 0 Å². The molecule has 3 aromatic rings. The van der Waals surface area contributed by atoms with Gasteiger partial charge in [0.2, 0.25) is 0 Å². The predicted octanol–water partition coefficient (Wildman–Crippen LogP) is 5.27. The van der Waals surface area contributed by atoms with Gasteiger partial charge < -0.3 is 15.4 Å². The highest BCUT2D eigenvalue weighted by Crippen LogP contribution is 2.24. The molecule has 0 aliphatic heterocycles. The SMILES string of the molecule is Cc1cccc(NC(=O)c2cccc(NC(=O)C(C)Oc3c(C)cccc3C)c2)c1. The predicted molar refractivity (Wildman–Crippen MR) is 120 cm³/mol. The summed E-state index contributed by atoms with van der Waals surface area (Å²) in [5.41, 5.74) is 4.73. The van der Waals surface area contributed by atoms with Gasteiger partial charge in [-0.3, -0.25) is 9.59 Å². The third-order valence-electron chi connectivity index (χ3n) is 4.74. The fraction of sp³-hybridized carbons (Fsp3) is 0.200. The number of nitrogens with one attached hydrogen (secondary N) is 2. The molecule has 30 heavy (non-hydrogen) atoms. The Balaban J connectivity index is 1.67. The molecule has 5 nitrogen and oxygen atoms in total. The Hall–Kier alpha value is -3.60. The first-order chi connectivity index (χ1) is 14.3. The van der Waals surface area contributed by atoms with Gasteiger partial charge in [0.1, 0.15) is 5.75 Å². The summed E-state index contributed by atoms with van der Waals surface area (Å²) in [5.74, 6) is 0.192. The monoisotopic (exact) mass is 402 g/mol. The molecule has 1 atom stereocenters. The molecule has 0 bridgehead atoms. The Morgan fingerprint density at radius 2 is 1.40 bits per heavy atom. The average molecular weight is 402 g/mol. The van der Waals surface area contributed by atoms with Gasteiger partial charge in [0, 0.05) is 16.9 Å². The first-order valence-corrected chi connectivity index (χ1v) is 9.85. The summed E-state index contributed by atoms with van der Waals surface area (Å²) in [6.07, 6.45) is -0.686. The molecule has 3 rings (SSSR count). The fourth-order valence-corrected chi connectivity index (χ4v) is 3.12. The summed E-state index contributed by atoms with van der Waals surface area (Å²) < 4.78 is 5.89. The summed E-state index contributed by atoms with van der Waals surface area (Å²) in [4.78, 5) is 25.2. The summed E-state index contributed by atoms with van der Waals surface area (Å²) in [5, 5.41) is 5.70. The molecule has 0 aliphatic carbocycles. The van der Waals surface area contributed by atoms with Crippen LogP contribution in [0.4, 0.5) is 11.4 Å². The lowest BCUT2D eigenvalue weighted by molar-refractivity contribution is -0.122. The fourth-order valence-electron chi connectivity index (χ4n) is 3.12. The second-order valence-electron chi connectivity index (χ2n) is 7.37. The minimum Gasteiger partial charge on any atom is -0.480 e. The number of anilines is 2. The molecule has 0 heterocycles. The highest BCUT2D eigenvalue weighted by molar-refractivity contribution is 6.05. The van der Waals surface area contributed by atoms with Crippen LogP contribution in [0.2, 0.25) is 0 Å². The van der Waals surface area contributed by atoms with E-state index in [1.165, 1.54) is 0 Å². The standard InChI is InChI=1S/C25H26N2O3/c1-16-8-5-12-21(14-16)27-25(29)20-11-7-13-22(15-20)26-24(28)19(4)30-23-17(2)9-6-10-18(23)3/h5-15,19H,1-4H3,(H,26,28)(H,27,29). The Morgan fingerprint density at radius 1 is 0.800 bits per heavy atom. The van der Waals surface area contributed by atoms with Crippen molar-refractivity contribution in [2.24, 2.45) is 0 Å². The van der Waals surface area contributed by atoms with Crippen LogP contribution in [0.15, 0.2) is 66.7 Å². The molecule has 0 radical (unpaired) electrons. The van der Waals surface area contributed by atoms with Gasteiger partial charge in [-0.1, -0.05) is 36.4 Å². The van der Waals surface area contributed by atoms with Crippen molar-refractivity contribution in [1.29, 1.82) is 0 Å². The highest BCUT2D eigenvalue weighted by Gasteiger charge is 2.17. The van der Waals surface area contributed by atoms with Gasteiger partial charge in [0.15, 0.2) is 6.10 Å². The molecule has 0 aliphatic rings. The lowest BCUT2D eigenvalue weighted by atomic mass is 10.1. The molecule has 154 valence electrons. The minimum absolute atomic E-state index is 0.239. The number of rotatable bonds is 6. The molecule has 1 unspecified atom stereocenters. The maximum absolute atomic E-state index is 12.6. The zero-order chi connectivity index (χ0) is 21.7. The van der Waals surface area contributed by atoms with E-state index in [1.807, 2.05) is 63.2 Å². The van der Waals surface area contributed by atoms with E-state index in [2.05, 4.69) is 10.6 Å². The molecule has 0 aromatic heterocycles. The zero-order valence-corrected chi connectivity index (χ0v) is 17.7. The van der Waals surface area contributed by atoms with Crippen molar-refractivity contribution in [3.05, 3.63) is 89.0 Å². The van der Waals surface area contributed by atoms with Crippen LogP contribution >= 0.6 is 0 Å². The second-order valence-corrected chi connectivity index (χ2v) is 7.37. The van der Waals surface area contributed by atoms with E-state index in [9.17, 15) is 9.59 Å². The van der Waals surface area contributed by atoms with Gasteiger partial charge in [-0.15, -0.1) is 0 Å². The molecule has 0 fully saturated rings. The number of para-hydroxylation sites is 1. The van der Waals surface area contributed by atoms with Gasteiger partial charge in [0.25, 0.3) is 11.8 Å². The van der Waals surface area contributed by atoms with E-state index in [0.717, 1.165) is 22.4 Å². The number of amides is 2. The third-order valence-corrected chi connectivity index (χ3v) is 4.74. The number of benzene rings is 3. The summed E-state index contributed by atoms with van der Waals surface area (Å²) in [6, 6.07) is 20.3. The molecule has 0 saturated heterocycles. The van der Waals surface area contributed by atoms with Crippen LogP contribution < -0.4 is 15.4 Å². The molecule has 2 N–H and O–H groups in total. The van der Waals surface area contributed by atoms with Crippen LogP contribution in [0.1, 0.15) is 34.0 Å². The molecule has 2 amide bonds. The number of ether oxygens (including phenoxy) is 1. The van der Waals surface area contributed by atoms with E-state index in [4.69, 9.17) is 4.74 Å². The summed E-state index contributed by atoms with van der Waals surface area (Å²) in [6.45, 7) is 7.57. The Bertz CT molecular complexity index is 1060. The van der Waals surface area contributed by atoms with Gasteiger partial charge in [-0.2, -0.15) is 0 Å². The van der Waals surface area contributed by atoms with Crippen molar-refractivity contribution < 1.29 is 14.3 Å². The van der Waals surface area contributed by atoms with Crippen LogP contribution in [0.5, 0.6) is 5.75 Å². The lowest BCUT2D eigenvalue weighted by Crippen LogP contribution is -2.30. The number of hydrogen-bond acceptors (Lipinski definition) is 3. The Morgan fingerprint density at radius 3 is 2.07 bits per heavy atom. The Kier molecular flexibility index (Phi) is 6.52. The summed E-state index contributed by atoms with van der Waals surface area (Å²) in [7, 11) is 0. The van der Waals surface area contributed by atoms with Crippen LogP contribution in [0.25, 0.3) is 0 Å². The van der Waals surface area contributed by atoms with Gasteiger partial charge in [-0.25, -0.2) is 0 Å². The molecule has 0 saturated carbocycles. The van der Waals surface area contributed by atoms with Crippen molar-refractivity contribution in [3.8, 4) is 5.75 Å². The lowest BCUT2D eigenvalue weighted by Gasteiger charge is -2.18.